The molecule has 0 spiro atoms. The van der Waals surface area contributed by atoms with Gasteiger partial charge in [-0.2, -0.15) is 0 Å². The van der Waals surface area contributed by atoms with E-state index in [1.807, 2.05) is 19.1 Å². The second-order valence-corrected chi connectivity index (χ2v) is 6.44. The monoisotopic (exact) mass is 286 g/mol. The lowest BCUT2D eigenvalue weighted by Crippen LogP contribution is -2.12. The fraction of sp³-hybridized carbons (Fsp3) is 0.385. The van der Waals surface area contributed by atoms with Crippen LogP contribution in [0.2, 0.25) is 0 Å². The Morgan fingerprint density at radius 3 is 2.72 bits per heavy atom. The van der Waals surface area contributed by atoms with Gasteiger partial charge >= 0.3 is 0 Å². The van der Waals surface area contributed by atoms with Crippen LogP contribution in [0, 0.1) is 18.8 Å². The summed E-state index contributed by atoms with van der Waals surface area (Å²) in [6.45, 7) is 2.07. The van der Waals surface area contributed by atoms with E-state index in [-0.39, 0.29) is 18.2 Å². The van der Waals surface area contributed by atoms with Crippen LogP contribution < -0.4 is 4.74 Å². The van der Waals surface area contributed by atoms with Crippen LogP contribution >= 0.6 is 11.6 Å². The van der Waals surface area contributed by atoms with E-state index in [1.165, 1.54) is 6.26 Å². The highest BCUT2D eigenvalue weighted by molar-refractivity contribution is 7.90. The number of ether oxygens (including phenoxy) is 1. The van der Waals surface area contributed by atoms with E-state index in [9.17, 15) is 8.42 Å². The van der Waals surface area contributed by atoms with E-state index in [4.69, 9.17) is 16.3 Å². The van der Waals surface area contributed by atoms with Crippen LogP contribution in [0.15, 0.2) is 18.2 Å². The Bertz CT molecular complexity index is 568. The van der Waals surface area contributed by atoms with E-state index < -0.39 is 9.84 Å². The summed E-state index contributed by atoms with van der Waals surface area (Å²) in [6.07, 6.45) is 1.18. The number of benzene rings is 1. The first-order valence-electron chi connectivity index (χ1n) is 5.38. The zero-order chi connectivity index (χ0) is 13.6. The molecular formula is C13H15ClO3S. The maximum atomic E-state index is 11.0. The first-order valence-corrected chi connectivity index (χ1v) is 7.98. The van der Waals surface area contributed by atoms with Crippen molar-refractivity contribution in [1.29, 1.82) is 0 Å². The van der Waals surface area contributed by atoms with Gasteiger partial charge in [0.15, 0.2) is 9.84 Å². The van der Waals surface area contributed by atoms with E-state index >= 15 is 0 Å². The molecule has 0 aliphatic carbocycles. The summed E-state index contributed by atoms with van der Waals surface area (Å²) in [7, 11) is -3.01. The summed E-state index contributed by atoms with van der Waals surface area (Å²) in [5.74, 6) is 6.47. The van der Waals surface area contributed by atoms with Crippen molar-refractivity contribution in [3.05, 3.63) is 29.3 Å². The van der Waals surface area contributed by atoms with Gasteiger partial charge in [0.25, 0.3) is 0 Å². The zero-order valence-electron chi connectivity index (χ0n) is 10.4. The van der Waals surface area contributed by atoms with Gasteiger partial charge in [-0.05, 0) is 24.6 Å². The molecule has 0 unspecified atom stereocenters. The highest BCUT2D eigenvalue weighted by Crippen LogP contribution is 2.19. The predicted molar refractivity (Wildman–Crippen MR) is 74.0 cm³/mol. The lowest BCUT2D eigenvalue weighted by molar-refractivity contribution is 0.340. The van der Waals surface area contributed by atoms with Gasteiger partial charge in [-0.15, -0.1) is 11.6 Å². The van der Waals surface area contributed by atoms with Crippen molar-refractivity contribution < 1.29 is 13.2 Å². The van der Waals surface area contributed by atoms with Crippen LogP contribution in [-0.4, -0.2) is 32.9 Å². The van der Waals surface area contributed by atoms with E-state index in [2.05, 4.69) is 11.8 Å². The molecule has 1 rings (SSSR count). The third-order valence-electron chi connectivity index (χ3n) is 2.14. The van der Waals surface area contributed by atoms with Crippen LogP contribution in [0.1, 0.15) is 11.1 Å². The zero-order valence-corrected chi connectivity index (χ0v) is 11.9. The van der Waals surface area contributed by atoms with Crippen LogP contribution in [-0.2, 0) is 9.84 Å². The molecule has 0 atom stereocenters. The Morgan fingerprint density at radius 2 is 2.11 bits per heavy atom. The molecule has 0 radical (unpaired) electrons. The van der Waals surface area contributed by atoms with Gasteiger partial charge in [-0.1, -0.05) is 17.9 Å². The Hall–Kier alpha value is -1.18. The van der Waals surface area contributed by atoms with Crippen molar-refractivity contribution in [3.8, 4) is 17.6 Å². The SMILES string of the molecule is Cc1ccc(OCCS(C)(=O)=O)c(C#CCCl)c1. The molecule has 0 fully saturated rings. The first kappa shape index (κ1) is 14.9. The van der Waals surface area contributed by atoms with Gasteiger partial charge in [-0.25, -0.2) is 8.42 Å². The highest BCUT2D eigenvalue weighted by Gasteiger charge is 2.05. The highest BCUT2D eigenvalue weighted by atomic mass is 35.5. The Kier molecular flexibility index (Phi) is 5.52. The van der Waals surface area contributed by atoms with E-state index in [0.717, 1.165) is 11.1 Å². The molecule has 0 saturated carbocycles. The smallest absolute Gasteiger partial charge is 0.150 e. The number of hydrogen-bond acceptors (Lipinski definition) is 3. The standard InChI is InChI=1S/C13H15ClO3S/c1-11-5-6-13(12(10-11)4-3-7-14)17-8-9-18(2,15)16/h5-6,10H,7-9H2,1-2H3. The minimum atomic E-state index is -3.01. The lowest BCUT2D eigenvalue weighted by atomic mass is 10.1. The van der Waals surface area contributed by atoms with E-state index in [0.29, 0.717) is 5.75 Å². The number of hydrogen-bond donors (Lipinski definition) is 0. The molecular weight excluding hydrogens is 272 g/mol. The number of rotatable bonds is 4. The topological polar surface area (TPSA) is 43.4 Å². The molecule has 0 bridgehead atoms. The molecule has 0 aliphatic rings. The quantitative estimate of drug-likeness (QED) is 0.628. The van der Waals surface area contributed by atoms with Gasteiger partial charge in [0.1, 0.15) is 12.4 Å². The summed E-state index contributed by atoms with van der Waals surface area (Å²) >= 11 is 5.51. The number of sulfone groups is 1. The van der Waals surface area contributed by atoms with Crippen molar-refractivity contribution in [3.63, 3.8) is 0 Å². The second-order valence-electron chi connectivity index (χ2n) is 3.91. The number of alkyl halides is 1. The minimum Gasteiger partial charge on any atom is -0.491 e. The average molecular weight is 287 g/mol. The average Bonchev–Trinajstić information content (AvgIpc) is 2.27. The number of aryl methyl sites for hydroxylation is 1. The Balaban J connectivity index is 2.81. The van der Waals surface area contributed by atoms with Crippen LogP contribution in [0.3, 0.4) is 0 Å². The minimum absolute atomic E-state index is 0.0107. The maximum Gasteiger partial charge on any atom is 0.150 e. The maximum absolute atomic E-state index is 11.0. The predicted octanol–water partition coefficient (Wildman–Crippen LogP) is 2.01. The molecule has 0 N–H and O–H groups in total. The van der Waals surface area contributed by atoms with Crippen molar-refractivity contribution in [2.75, 3.05) is 24.5 Å². The molecule has 98 valence electrons. The Morgan fingerprint density at radius 1 is 1.39 bits per heavy atom. The largest absolute Gasteiger partial charge is 0.491 e. The van der Waals surface area contributed by atoms with Crippen molar-refractivity contribution >= 4 is 21.4 Å². The lowest BCUT2D eigenvalue weighted by Gasteiger charge is -2.08. The summed E-state index contributed by atoms with van der Waals surface area (Å²) in [5.41, 5.74) is 1.79. The van der Waals surface area contributed by atoms with Gasteiger partial charge < -0.3 is 4.74 Å². The molecule has 3 nitrogen and oxygen atoms in total. The normalized spacial score (nSPS) is 10.6. The van der Waals surface area contributed by atoms with Crippen molar-refractivity contribution in [2.45, 2.75) is 6.92 Å². The molecule has 0 amide bonds. The summed E-state index contributed by atoms with van der Waals surface area (Å²) < 4.78 is 27.5. The first-order chi connectivity index (χ1) is 8.42. The van der Waals surface area contributed by atoms with Crippen LogP contribution in [0.5, 0.6) is 5.75 Å². The molecule has 0 saturated heterocycles. The van der Waals surface area contributed by atoms with Gasteiger partial charge in [-0.3, -0.25) is 0 Å². The Labute approximate surface area is 113 Å². The van der Waals surface area contributed by atoms with E-state index in [1.54, 1.807) is 6.07 Å². The summed E-state index contributed by atoms with van der Waals surface area (Å²) in [4.78, 5) is 0. The molecule has 0 aliphatic heterocycles. The summed E-state index contributed by atoms with van der Waals surface area (Å²) in [5, 5.41) is 0. The van der Waals surface area contributed by atoms with Gasteiger partial charge in [0.05, 0.1) is 17.2 Å². The van der Waals surface area contributed by atoms with Gasteiger partial charge in [0.2, 0.25) is 0 Å². The fourth-order valence-corrected chi connectivity index (χ4v) is 1.75. The molecule has 0 heterocycles. The van der Waals surface area contributed by atoms with Crippen LogP contribution in [0.4, 0.5) is 0 Å². The molecule has 1 aromatic carbocycles. The third kappa shape index (κ3) is 5.44. The fourth-order valence-electron chi connectivity index (χ4n) is 1.30. The third-order valence-corrected chi connectivity index (χ3v) is 3.18. The molecule has 5 heteroatoms. The molecule has 18 heavy (non-hydrogen) atoms. The molecule has 0 aromatic heterocycles. The van der Waals surface area contributed by atoms with Crippen molar-refractivity contribution in [2.24, 2.45) is 0 Å². The van der Waals surface area contributed by atoms with Gasteiger partial charge in [0, 0.05) is 6.26 Å². The second kappa shape index (κ2) is 6.67. The summed E-state index contributed by atoms with van der Waals surface area (Å²) in [6, 6.07) is 5.56. The number of halogens is 1. The molecule has 1 aromatic rings. The van der Waals surface area contributed by atoms with Crippen LogP contribution in [0.25, 0.3) is 0 Å². The van der Waals surface area contributed by atoms with Crippen molar-refractivity contribution in [1.82, 2.24) is 0 Å².